The Hall–Kier alpha value is -1.02. The summed E-state index contributed by atoms with van der Waals surface area (Å²) in [6, 6.07) is 9.38. The summed E-state index contributed by atoms with van der Waals surface area (Å²) < 4.78 is 0. The van der Waals surface area contributed by atoms with Gasteiger partial charge < -0.3 is 10.2 Å². The van der Waals surface area contributed by atoms with E-state index in [1.165, 1.54) is 51.4 Å². The van der Waals surface area contributed by atoms with Crippen molar-refractivity contribution in [3.05, 3.63) is 29.3 Å². The van der Waals surface area contributed by atoms with Crippen LogP contribution in [-0.4, -0.2) is 24.7 Å². The van der Waals surface area contributed by atoms with Gasteiger partial charge in [-0.25, -0.2) is 0 Å². The normalized spacial score (nSPS) is 31.3. The van der Waals surface area contributed by atoms with Crippen molar-refractivity contribution in [3.63, 3.8) is 0 Å². The summed E-state index contributed by atoms with van der Waals surface area (Å²) in [7, 11) is 0. The molecule has 4 rings (SSSR count). The van der Waals surface area contributed by atoms with E-state index in [2.05, 4.69) is 35.3 Å². The van der Waals surface area contributed by atoms with Gasteiger partial charge in [0.2, 0.25) is 0 Å². The number of aryl methyl sites for hydroxylation is 1. The second kappa shape index (κ2) is 5.64. The number of hydrogen-bond donors (Lipinski definition) is 1. The first-order valence-electron chi connectivity index (χ1n) is 8.99. The van der Waals surface area contributed by atoms with E-state index < -0.39 is 0 Å². The van der Waals surface area contributed by atoms with Gasteiger partial charge in [-0.15, -0.1) is 0 Å². The molecule has 0 aromatic heterocycles. The van der Waals surface area contributed by atoms with Crippen molar-refractivity contribution in [2.45, 2.75) is 76.4 Å². The fourth-order valence-corrected chi connectivity index (χ4v) is 5.03. The fraction of sp³-hybridized carbons (Fsp3) is 0.684. The maximum absolute atomic E-state index is 3.69. The second-order valence-corrected chi connectivity index (χ2v) is 7.14. The third kappa shape index (κ3) is 2.38. The summed E-state index contributed by atoms with van der Waals surface area (Å²) in [5.74, 6) is 0. The monoisotopic (exact) mass is 284 g/mol. The van der Waals surface area contributed by atoms with Crippen molar-refractivity contribution < 1.29 is 0 Å². The summed E-state index contributed by atoms with van der Waals surface area (Å²) in [5.41, 5.74) is 4.91. The van der Waals surface area contributed by atoms with Crippen molar-refractivity contribution in [3.8, 4) is 0 Å². The molecule has 114 valence electrons. The van der Waals surface area contributed by atoms with E-state index in [1.54, 1.807) is 16.8 Å². The van der Waals surface area contributed by atoms with E-state index in [0.717, 1.165) is 24.7 Å². The molecule has 2 atom stereocenters. The Morgan fingerprint density at radius 2 is 1.86 bits per heavy atom. The van der Waals surface area contributed by atoms with Crippen molar-refractivity contribution in [1.82, 2.24) is 5.32 Å². The molecule has 0 radical (unpaired) electrons. The maximum atomic E-state index is 3.69. The van der Waals surface area contributed by atoms with E-state index in [4.69, 9.17) is 0 Å². The van der Waals surface area contributed by atoms with Crippen LogP contribution in [0.1, 0.15) is 56.6 Å². The van der Waals surface area contributed by atoms with Gasteiger partial charge >= 0.3 is 0 Å². The van der Waals surface area contributed by atoms with E-state index in [0.29, 0.717) is 0 Å². The van der Waals surface area contributed by atoms with Crippen LogP contribution in [0.15, 0.2) is 18.2 Å². The van der Waals surface area contributed by atoms with E-state index in [-0.39, 0.29) is 0 Å². The molecule has 0 saturated carbocycles. The van der Waals surface area contributed by atoms with Crippen LogP contribution in [0.4, 0.5) is 5.69 Å². The molecule has 0 spiro atoms. The molecule has 2 nitrogen and oxygen atoms in total. The minimum Gasteiger partial charge on any atom is -0.365 e. The van der Waals surface area contributed by atoms with Crippen LogP contribution < -0.4 is 10.2 Å². The molecule has 1 N–H and O–H groups in total. The average molecular weight is 284 g/mol. The smallest absolute Gasteiger partial charge is 0.0406 e. The van der Waals surface area contributed by atoms with Crippen LogP contribution >= 0.6 is 0 Å². The quantitative estimate of drug-likeness (QED) is 0.911. The maximum Gasteiger partial charge on any atom is 0.0406 e. The van der Waals surface area contributed by atoms with E-state index in [1.807, 2.05) is 0 Å². The van der Waals surface area contributed by atoms with E-state index in [9.17, 15) is 0 Å². The first-order valence-corrected chi connectivity index (χ1v) is 8.99. The van der Waals surface area contributed by atoms with Crippen molar-refractivity contribution >= 4 is 5.69 Å². The summed E-state index contributed by atoms with van der Waals surface area (Å²) in [5, 5.41) is 3.69. The number of anilines is 1. The minimum atomic E-state index is 0.753. The molecule has 1 aromatic carbocycles. The van der Waals surface area contributed by atoms with Gasteiger partial charge in [-0.3, -0.25) is 0 Å². The Morgan fingerprint density at radius 1 is 1.10 bits per heavy atom. The van der Waals surface area contributed by atoms with Crippen molar-refractivity contribution in [2.24, 2.45) is 0 Å². The van der Waals surface area contributed by atoms with Crippen LogP contribution in [0.25, 0.3) is 0 Å². The van der Waals surface area contributed by atoms with Crippen molar-refractivity contribution in [2.75, 3.05) is 11.4 Å². The van der Waals surface area contributed by atoms with Crippen LogP contribution in [0.3, 0.4) is 0 Å². The number of benzene rings is 1. The van der Waals surface area contributed by atoms with E-state index >= 15 is 0 Å². The zero-order valence-electron chi connectivity index (χ0n) is 13.3. The highest BCUT2D eigenvalue weighted by molar-refractivity contribution is 5.60. The third-order valence-corrected chi connectivity index (χ3v) is 5.88. The molecule has 2 bridgehead atoms. The highest BCUT2D eigenvalue weighted by atomic mass is 15.2. The molecular weight excluding hydrogens is 256 g/mol. The Kier molecular flexibility index (Phi) is 3.66. The summed E-state index contributed by atoms with van der Waals surface area (Å²) >= 11 is 0. The van der Waals surface area contributed by atoms with Crippen LogP contribution in [0.5, 0.6) is 0 Å². The molecule has 2 fully saturated rings. The minimum absolute atomic E-state index is 0.753. The standard InChI is InChI=1S/C19H28N2/c1-2-20-15-12-16-10-11-17(13-15)21(16)19-9-5-7-14-6-3-4-8-18(14)19/h5,7,9,15-17,20H,2-4,6,8,10-13H2,1H3. The topological polar surface area (TPSA) is 15.3 Å². The number of rotatable bonds is 3. The van der Waals surface area contributed by atoms with Crippen molar-refractivity contribution in [1.29, 1.82) is 0 Å². The van der Waals surface area contributed by atoms with Crippen LogP contribution in [-0.2, 0) is 12.8 Å². The van der Waals surface area contributed by atoms with Gasteiger partial charge in [0.05, 0.1) is 0 Å². The molecule has 2 aliphatic heterocycles. The molecule has 2 heterocycles. The molecule has 1 aromatic rings. The number of nitrogens with one attached hydrogen (secondary N) is 1. The lowest BCUT2D eigenvalue weighted by molar-refractivity contribution is 0.361. The van der Waals surface area contributed by atoms with Gasteiger partial charge in [-0.2, -0.15) is 0 Å². The number of hydrogen-bond acceptors (Lipinski definition) is 2. The first kappa shape index (κ1) is 13.6. The molecule has 3 aliphatic rings. The molecule has 2 unspecified atom stereocenters. The molecule has 1 aliphatic carbocycles. The number of nitrogens with zero attached hydrogens (tertiary/aromatic N) is 1. The molecule has 2 heteroatoms. The Morgan fingerprint density at radius 3 is 2.62 bits per heavy atom. The summed E-state index contributed by atoms with van der Waals surface area (Å²) in [6.45, 7) is 3.35. The largest absolute Gasteiger partial charge is 0.365 e. The lowest BCUT2D eigenvalue weighted by atomic mass is 9.88. The highest BCUT2D eigenvalue weighted by Crippen LogP contribution is 2.42. The summed E-state index contributed by atoms with van der Waals surface area (Å²) in [6.07, 6.45) is 10.8. The fourth-order valence-electron chi connectivity index (χ4n) is 5.03. The molecule has 0 amide bonds. The predicted octanol–water partition coefficient (Wildman–Crippen LogP) is 3.67. The van der Waals surface area contributed by atoms with Gasteiger partial charge in [-0.05, 0) is 75.1 Å². The average Bonchev–Trinajstić information content (AvgIpc) is 2.78. The Balaban J connectivity index is 1.63. The molecule has 2 saturated heterocycles. The Labute approximate surface area is 128 Å². The second-order valence-electron chi connectivity index (χ2n) is 7.14. The first-order chi connectivity index (χ1) is 10.4. The number of piperidine rings is 1. The third-order valence-electron chi connectivity index (χ3n) is 5.88. The van der Waals surface area contributed by atoms with Crippen LogP contribution in [0.2, 0.25) is 0 Å². The zero-order valence-corrected chi connectivity index (χ0v) is 13.3. The summed E-state index contributed by atoms with van der Waals surface area (Å²) in [4.78, 5) is 2.82. The van der Waals surface area contributed by atoms with Crippen LogP contribution in [0, 0.1) is 0 Å². The number of fused-ring (bicyclic) bond motifs is 3. The molecular formula is C19H28N2. The van der Waals surface area contributed by atoms with Gasteiger partial charge in [0, 0.05) is 23.8 Å². The van der Waals surface area contributed by atoms with Gasteiger partial charge in [0.25, 0.3) is 0 Å². The lowest BCUT2D eigenvalue weighted by Gasteiger charge is -2.42. The SMILES string of the molecule is CCNC1CC2CCC(C1)N2c1cccc2c1CCCC2. The zero-order chi connectivity index (χ0) is 14.2. The molecule has 21 heavy (non-hydrogen) atoms. The van der Waals surface area contributed by atoms with Gasteiger partial charge in [0.15, 0.2) is 0 Å². The van der Waals surface area contributed by atoms with Gasteiger partial charge in [0.1, 0.15) is 0 Å². The predicted molar refractivity (Wildman–Crippen MR) is 89.1 cm³/mol. The Bertz CT molecular complexity index is 496. The lowest BCUT2D eigenvalue weighted by Crippen LogP contribution is -2.49. The highest BCUT2D eigenvalue weighted by Gasteiger charge is 2.41. The van der Waals surface area contributed by atoms with Gasteiger partial charge in [-0.1, -0.05) is 19.1 Å².